The van der Waals surface area contributed by atoms with E-state index in [4.69, 9.17) is 5.73 Å². The molecule has 6 heteroatoms. The van der Waals surface area contributed by atoms with Gasteiger partial charge in [0.1, 0.15) is 5.54 Å². The molecular weight excluding hydrogens is 326 g/mol. The van der Waals surface area contributed by atoms with Crippen molar-refractivity contribution in [1.29, 1.82) is 0 Å². The van der Waals surface area contributed by atoms with Crippen molar-refractivity contribution in [2.75, 3.05) is 13.1 Å². The molecule has 1 heterocycles. The van der Waals surface area contributed by atoms with Crippen LogP contribution in [-0.4, -0.2) is 35.8 Å². The Morgan fingerprint density at radius 2 is 1.71 bits per heavy atom. The predicted molar refractivity (Wildman–Crippen MR) is 95.7 cm³/mol. The van der Waals surface area contributed by atoms with Gasteiger partial charge in [-0.3, -0.25) is 9.59 Å². The predicted octanol–water partition coefficient (Wildman–Crippen LogP) is 1.80. The third-order valence-electron chi connectivity index (χ3n) is 4.91. The maximum absolute atomic E-state index is 12.6. The number of benzene rings is 1. The Bertz CT molecular complexity index is 579. The molecule has 5 nitrogen and oxygen atoms in total. The molecule has 1 saturated carbocycles. The normalized spacial score (nSPS) is 20.7. The van der Waals surface area contributed by atoms with Gasteiger partial charge in [-0.2, -0.15) is 0 Å². The van der Waals surface area contributed by atoms with Crippen molar-refractivity contribution in [3.05, 3.63) is 35.9 Å². The van der Waals surface area contributed by atoms with Gasteiger partial charge in [0.25, 0.3) is 0 Å². The lowest BCUT2D eigenvalue weighted by atomic mass is 9.91. The van der Waals surface area contributed by atoms with Crippen LogP contribution in [-0.2, 0) is 15.1 Å². The Hall–Kier alpha value is -1.59. The molecule has 0 spiro atoms. The molecule has 24 heavy (non-hydrogen) atoms. The molecule has 1 unspecified atom stereocenters. The molecule has 2 amide bonds. The Morgan fingerprint density at radius 3 is 2.25 bits per heavy atom. The number of carbonyl (C=O) groups is 2. The van der Waals surface area contributed by atoms with Crippen LogP contribution in [0.25, 0.3) is 0 Å². The van der Waals surface area contributed by atoms with E-state index in [1.807, 2.05) is 35.2 Å². The molecule has 0 bridgehead atoms. The molecule has 2 fully saturated rings. The third-order valence-corrected chi connectivity index (χ3v) is 4.91. The zero-order valence-electron chi connectivity index (χ0n) is 14.0. The van der Waals surface area contributed by atoms with Crippen molar-refractivity contribution < 1.29 is 9.59 Å². The monoisotopic (exact) mass is 351 g/mol. The Balaban J connectivity index is 0.00000208. The summed E-state index contributed by atoms with van der Waals surface area (Å²) in [5, 5.41) is 3.06. The fourth-order valence-electron chi connectivity index (χ4n) is 3.08. The molecule has 0 radical (unpaired) electrons. The Kier molecular flexibility index (Phi) is 5.88. The number of nitrogens with one attached hydrogen (secondary N) is 1. The first-order valence-electron chi connectivity index (χ1n) is 8.42. The minimum Gasteiger partial charge on any atom is -0.351 e. The van der Waals surface area contributed by atoms with E-state index in [2.05, 4.69) is 5.32 Å². The van der Waals surface area contributed by atoms with Gasteiger partial charge in [0, 0.05) is 25.0 Å². The van der Waals surface area contributed by atoms with Gasteiger partial charge in [-0.1, -0.05) is 30.3 Å². The van der Waals surface area contributed by atoms with Crippen LogP contribution < -0.4 is 11.1 Å². The fraction of sp³-hybridized carbons (Fsp3) is 0.556. The number of rotatable bonds is 4. The molecule has 2 aliphatic rings. The van der Waals surface area contributed by atoms with Crippen LogP contribution in [0.4, 0.5) is 0 Å². The lowest BCUT2D eigenvalue weighted by Crippen LogP contribution is -2.54. The number of hydrogen-bond donors (Lipinski definition) is 2. The van der Waals surface area contributed by atoms with E-state index < -0.39 is 5.54 Å². The fourth-order valence-corrected chi connectivity index (χ4v) is 3.08. The van der Waals surface area contributed by atoms with Gasteiger partial charge in [0.15, 0.2) is 0 Å². The highest BCUT2D eigenvalue weighted by atomic mass is 35.5. The van der Waals surface area contributed by atoms with Crippen molar-refractivity contribution >= 4 is 24.2 Å². The highest BCUT2D eigenvalue weighted by molar-refractivity contribution is 5.87. The first-order chi connectivity index (χ1) is 11.0. The quantitative estimate of drug-likeness (QED) is 0.868. The van der Waals surface area contributed by atoms with E-state index >= 15 is 0 Å². The number of nitrogens with two attached hydrogens (primary N) is 1. The van der Waals surface area contributed by atoms with Gasteiger partial charge < -0.3 is 16.0 Å². The largest absolute Gasteiger partial charge is 0.351 e. The molecule has 1 aliphatic heterocycles. The maximum Gasteiger partial charge on any atom is 0.244 e. The highest BCUT2D eigenvalue weighted by Gasteiger charge is 2.36. The van der Waals surface area contributed by atoms with Crippen LogP contribution in [0.15, 0.2) is 30.3 Å². The molecular formula is C18H26ClN3O2. The zero-order valence-corrected chi connectivity index (χ0v) is 14.8. The SMILES string of the molecule is CC(N)(C(=O)NC1CCN(C(=O)C2CC2)CC1)c1ccccc1.Cl. The molecule has 1 aromatic carbocycles. The summed E-state index contributed by atoms with van der Waals surface area (Å²) in [4.78, 5) is 26.5. The average molecular weight is 352 g/mol. The number of piperidine rings is 1. The van der Waals surface area contributed by atoms with E-state index in [1.54, 1.807) is 6.92 Å². The van der Waals surface area contributed by atoms with Gasteiger partial charge in [0.2, 0.25) is 11.8 Å². The second-order valence-corrected chi connectivity index (χ2v) is 6.92. The van der Waals surface area contributed by atoms with Crippen molar-refractivity contribution in [3.8, 4) is 0 Å². The minimum absolute atomic E-state index is 0. The van der Waals surface area contributed by atoms with Crippen LogP contribution in [0.3, 0.4) is 0 Å². The van der Waals surface area contributed by atoms with Crippen molar-refractivity contribution in [1.82, 2.24) is 10.2 Å². The molecule has 132 valence electrons. The summed E-state index contributed by atoms with van der Waals surface area (Å²) in [6, 6.07) is 9.51. The summed E-state index contributed by atoms with van der Waals surface area (Å²) in [7, 11) is 0. The Labute approximate surface area is 149 Å². The average Bonchev–Trinajstić information content (AvgIpc) is 3.40. The molecule has 1 aromatic rings. The van der Waals surface area contributed by atoms with Gasteiger partial charge in [-0.05, 0) is 38.2 Å². The molecule has 1 aliphatic carbocycles. The summed E-state index contributed by atoms with van der Waals surface area (Å²) in [5.74, 6) is 0.407. The summed E-state index contributed by atoms with van der Waals surface area (Å²) >= 11 is 0. The summed E-state index contributed by atoms with van der Waals surface area (Å²) in [6.45, 7) is 3.20. The smallest absolute Gasteiger partial charge is 0.244 e. The minimum atomic E-state index is -1.04. The zero-order chi connectivity index (χ0) is 16.4. The Morgan fingerprint density at radius 1 is 1.12 bits per heavy atom. The first-order valence-corrected chi connectivity index (χ1v) is 8.42. The topological polar surface area (TPSA) is 75.4 Å². The molecule has 3 rings (SSSR count). The summed E-state index contributed by atoms with van der Waals surface area (Å²) in [5.41, 5.74) is 6.01. The second-order valence-electron chi connectivity index (χ2n) is 6.92. The van der Waals surface area contributed by atoms with Crippen LogP contribution in [0, 0.1) is 5.92 Å². The van der Waals surface area contributed by atoms with E-state index in [0.29, 0.717) is 5.91 Å². The number of hydrogen-bond acceptors (Lipinski definition) is 3. The van der Waals surface area contributed by atoms with Crippen molar-refractivity contribution in [3.63, 3.8) is 0 Å². The van der Waals surface area contributed by atoms with Crippen LogP contribution in [0.2, 0.25) is 0 Å². The standard InChI is InChI=1S/C18H25N3O2.ClH/c1-18(19,14-5-3-2-4-6-14)17(23)20-15-9-11-21(12-10-15)16(22)13-7-8-13;/h2-6,13,15H,7-12,19H2,1H3,(H,20,23);1H. The van der Waals surface area contributed by atoms with Gasteiger partial charge in [-0.25, -0.2) is 0 Å². The van der Waals surface area contributed by atoms with Crippen LogP contribution in [0.5, 0.6) is 0 Å². The second kappa shape index (κ2) is 7.53. The number of carbonyl (C=O) groups excluding carboxylic acids is 2. The van der Waals surface area contributed by atoms with E-state index in [-0.39, 0.29) is 30.3 Å². The van der Waals surface area contributed by atoms with Gasteiger partial charge in [-0.15, -0.1) is 12.4 Å². The van der Waals surface area contributed by atoms with Gasteiger partial charge in [0.05, 0.1) is 0 Å². The number of amides is 2. The third kappa shape index (κ3) is 4.08. The summed E-state index contributed by atoms with van der Waals surface area (Å²) in [6.07, 6.45) is 3.68. The number of halogens is 1. The van der Waals surface area contributed by atoms with E-state index in [9.17, 15) is 9.59 Å². The lowest BCUT2D eigenvalue weighted by molar-refractivity contribution is -0.133. The van der Waals surface area contributed by atoms with Gasteiger partial charge >= 0.3 is 0 Å². The highest BCUT2D eigenvalue weighted by Crippen LogP contribution is 2.32. The maximum atomic E-state index is 12.6. The number of likely N-dealkylation sites (tertiary alicyclic amines) is 1. The molecule has 0 aromatic heterocycles. The van der Waals surface area contributed by atoms with Crippen LogP contribution >= 0.6 is 12.4 Å². The molecule has 3 N–H and O–H groups in total. The molecule has 1 saturated heterocycles. The lowest BCUT2D eigenvalue weighted by Gasteiger charge is -2.34. The van der Waals surface area contributed by atoms with Crippen molar-refractivity contribution in [2.45, 2.75) is 44.2 Å². The molecule has 1 atom stereocenters. The number of nitrogens with zero attached hydrogens (tertiary/aromatic N) is 1. The van der Waals surface area contributed by atoms with Crippen molar-refractivity contribution in [2.24, 2.45) is 11.7 Å². The van der Waals surface area contributed by atoms with E-state index in [0.717, 1.165) is 44.3 Å². The summed E-state index contributed by atoms with van der Waals surface area (Å²) < 4.78 is 0. The van der Waals surface area contributed by atoms with Crippen LogP contribution in [0.1, 0.15) is 38.2 Å². The first kappa shape index (κ1) is 18.7. The van der Waals surface area contributed by atoms with E-state index in [1.165, 1.54) is 0 Å².